The molecule has 2 N–H and O–H groups in total. The lowest BCUT2D eigenvalue weighted by molar-refractivity contribution is 0.491. The van der Waals surface area contributed by atoms with E-state index in [4.69, 9.17) is 5.73 Å². The molecule has 0 aliphatic heterocycles. The van der Waals surface area contributed by atoms with E-state index in [0.717, 1.165) is 12.1 Å². The largest absolute Gasteiger partial charge is 0.350 e. The fourth-order valence-electron chi connectivity index (χ4n) is 2.03. The first-order chi connectivity index (χ1) is 10.1. The van der Waals surface area contributed by atoms with E-state index in [0.29, 0.717) is 11.2 Å². The van der Waals surface area contributed by atoms with Gasteiger partial charge in [-0.15, -0.1) is 5.10 Å². The number of hydrogen-bond donors (Lipinski definition) is 1. The zero-order valence-electron chi connectivity index (χ0n) is 10.8. The quantitative estimate of drug-likeness (QED) is 0.776. The maximum absolute atomic E-state index is 13.2. The predicted octanol–water partition coefficient (Wildman–Crippen LogP) is 0.869. The van der Waals surface area contributed by atoms with Crippen LogP contribution in [-0.2, 0) is 6.54 Å². The van der Waals surface area contributed by atoms with Gasteiger partial charge < -0.3 is 5.73 Å². The third-order valence-electron chi connectivity index (χ3n) is 3.13. The van der Waals surface area contributed by atoms with Gasteiger partial charge in [0.05, 0.1) is 12.7 Å². The van der Waals surface area contributed by atoms with Crippen LogP contribution in [0.5, 0.6) is 0 Å². The number of hydrogen-bond acceptors (Lipinski definition) is 4. The summed E-state index contributed by atoms with van der Waals surface area (Å²) in [6, 6.07) is 2.71. The third kappa shape index (κ3) is 2.40. The van der Waals surface area contributed by atoms with Gasteiger partial charge in [0, 0.05) is 18.4 Å². The van der Waals surface area contributed by atoms with Gasteiger partial charge in [-0.1, -0.05) is 6.07 Å². The van der Waals surface area contributed by atoms with E-state index in [9.17, 15) is 13.6 Å². The molecule has 6 nitrogen and oxygen atoms in total. The van der Waals surface area contributed by atoms with Crippen molar-refractivity contribution < 1.29 is 8.78 Å². The topological polar surface area (TPSA) is 78.2 Å². The van der Waals surface area contributed by atoms with Gasteiger partial charge in [0.1, 0.15) is 0 Å². The summed E-state index contributed by atoms with van der Waals surface area (Å²) in [6.07, 6.45) is 4.40. The maximum atomic E-state index is 13.2. The van der Waals surface area contributed by atoms with Crippen LogP contribution in [0.2, 0.25) is 0 Å². The summed E-state index contributed by atoms with van der Waals surface area (Å²) in [7, 11) is 0. The molecule has 8 heteroatoms. The molecule has 0 aliphatic rings. The number of rotatable bonds is 3. The minimum Gasteiger partial charge on any atom is -0.322 e. The van der Waals surface area contributed by atoms with Crippen LogP contribution < -0.4 is 11.4 Å². The molecule has 2 heterocycles. The highest BCUT2D eigenvalue weighted by Gasteiger charge is 2.14. The molecule has 2 aromatic heterocycles. The van der Waals surface area contributed by atoms with E-state index in [-0.39, 0.29) is 12.2 Å². The lowest BCUT2D eigenvalue weighted by Crippen LogP contribution is -2.27. The van der Waals surface area contributed by atoms with Gasteiger partial charge in [-0.2, -0.15) is 0 Å². The van der Waals surface area contributed by atoms with Gasteiger partial charge in [0.2, 0.25) is 0 Å². The van der Waals surface area contributed by atoms with Crippen LogP contribution in [-0.4, -0.2) is 19.2 Å². The summed E-state index contributed by atoms with van der Waals surface area (Å²) in [5.74, 6) is -1.92. The smallest absolute Gasteiger partial charge is 0.322 e. The van der Waals surface area contributed by atoms with Crippen molar-refractivity contribution in [2.45, 2.75) is 12.6 Å². The summed E-state index contributed by atoms with van der Waals surface area (Å²) in [5.41, 5.74) is 6.33. The Morgan fingerprint density at radius 1 is 1.29 bits per heavy atom. The number of nitrogens with zero attached hydrogens (tertiary/aromatic N) is 4. The number of benzene rings is 1. The lowest BCUT2D eigenvalue weighted by Gasteiger charge is -2.11. The van der Waals surface area contributed by atoms with E-state index >= 15 is 0 Å². The molecule has 3 rings (SSSR count). The Morgan fingerprint density at radius 2 is 2.10 bits per heavy atom. The van der Waals surface area contributed by atoms with E-state index in [1.54, 1.807) is 0 Å². The van der Waals surface area contributed by atoms with E-state index < -0.39 is 17.7 Å². The second-order valence-corrected chi connectivity index (χ2v) is 4.55. The molecule has 1 atom stereocenters. The highest BCUT2D eigenvalue weighted by molar-refractivity contribution is 5.32. The highest BCUT2D eigenvalue weighted by atomic mass is 19.2. The number of aromatic nitrogens is 4. The van der Waals surface area contributed by atoms with Crippen LogP contribution in [0.25, 0.3) is 5.65 Å². The molecule has 21 heavy (non-hydrogen) atoms. The SMILES string of the molecule is NC(Cn1nc2cnccn2c1=O)c1ccc(F)c(F)c1. The molecule has 0 radical (unpaired) electrons. The summed E-state index contributed by atoms with van der Waals surface area (Å²) in [6.45, 7) is 0.0472. The van der Waals surface area contributed by atoms with E-state index in [1.807, 2.05) is 0 Å². The Labute approximate surface area is 117 Å². The molecule has 0 saturated carbocycles. The molecule has 0 aliphatic carbocycles. The van der Waals surface area contributed by atoms with Crippen LogP contribution in [0.1, 0.15) is 11.6 Å². The van der Waals surface area contributed by atoms with Crippen LogP contribution in [0.15, 0.2) is 41.6 Å². The molecule has 0 bridgehead atoms. The second-order valence-electron chi connectivity index (χ2n) is 4.55. The van der Waals surface area contributed by atoms with Crippen LogP contribution in [0.4, 0.5) is 8.78 Å². The molecule has 0 amide bonds. The Balaban J connectivity index is 1.92. The molecule has 0 fully saturated rings. The van der Waals surface area contributed by atoms with Crippen molar-refractivity contribution in [3.8, 4) is 0 Å². The van der Waals surface area contributed by atoms with Gasteiger partial charge in [-0.05, 0) is 17.7 Å². The number of halogens is 2. The number of fused-ring (bicyclic) bond motifs is 1. The molecule has 108 valence electrons. The van der Waals surface area contributed by atoms with Gasteiger partial charge >= 0.3 is 5.69 Å². The fraction of sp³-hybridized carbons (Fsp3) is 0.154. The molecule has 1 aromatic carbocycles. The Morgan fingerprint density at radius 3 is 2.81 bits per heavy atom. The molecule has 1 unspecified atom stereocenters. The highest BCUT2D eigenvalue weighted by Crippen LogP contribution is 2.15. The van der Waals surface area contributed by atoms with Crippen molar-refractivity contribution in [1.29, 1.82) is 0 Å². The van der Waals surface area contributed by atoms with Crippen molar-refractivity contribution >= 4 is 5.65 Å². The van der Waals surface area contributed by atoms with Crippen molar-refractivity contribution in [3.63, 3.8) is 0 Å². The van der Waals surface area contributed by atoms with E-state index in [1.165, 1.54) is 33.7 Å². The molecule has 3 aromatic rings. The normalized spacial score (nSPS) is 12.7. The fourth-order valence-corrected chi connectivity index (χ4v) is 2.03. The van der Waals surface area contributed by atoms with Crippen molar-refractivity contribution in [3.05, 3.63) is 64.5 Å². The Hall–Kier alpha value is -2.61. The van der Waals surface area contributed by atoms with Gasteiger partial charge in [0.15, 0.2) is 17.3 Å². The molecule has 0 spiro atoms. The standard InChI is InChI=1S/C13H11F2N5O/c14-9-2-1-8(5-10(9)15)11(16)7-20-13(21)19-4-3-17-6-12(19)18-20/h1-6,11H,7,16H2. The Bertz CT molecular complexity index is 857. The van der Waals surface area contributed by atoms with Crippen molar-refractivity contribution in [2.75, 3.05) is 0 Å². The van der Waals surface area contributed by atoms with Gasteiger partial charge in [-0.25, -0.2) is 22.7 Å². The maximum Gasteiger partial charge on any atom is 0.350 e. The lowest BCUT2D eigenvalue weighted by atomic mass is 10.1. The van der Waals surface area contributed by atoms with Gasteiger partial charge in [0.25, 0.3) is 0 Å². The number of nitrogens with two attached hydrogens (primary N) is 1. The Kier molecular flexibility index (Phi) is 3.22. The minimum absolute atomic E-state index is 0.0472. The zero-order chi connectivity index (χ0) is 15.0. The minimum atomic E-state index is -0.977. The summed E-state index contributed by atoms with van der Waals surface area (Å²) in [4.78, 5) is 15.9. The first-order valence-electron chi connectivity index (χ1n) is 6.16. The summed E-state index contributed by atoms with van der Waals surface area (Å²) in [5, 5.41) is 4.07. The third-order valence-corrected chi connectivity index (χ3v) is 3.13. The van der Waals surface area contributed by atoms with Crippen LogP contribution >= 0.6 is 0 Å². The van der Waals surface area contributed by atoms with Crippen molar-refractivity contribution in [1.82, 2.24) is 19.2 Å². The summed E-state index contributed by atoms with van der Waals surface area (Å²) < 4.78 is 28.6. The second kappa shape index (κ2) is 5.06. The summed E-state index contributed by atoms with van der Waals surface area (Å²) >= 11 is 0. The monoisotopic (exact) mass is 291 g/mol. The first-order valence-corrected chi connectivity index (χ1v) is 6.16. The molecular weight excluding hydrogens is 280 g/mol. The van der Waals surface area contributed by atoms with Crippen LogP contribution in [0.3, 0.4) is 0 Å². The average molecular weight is 291 g/mol. The van der Waals surface area contributed by atoms with E-state index in [2.05, 4.69) is 10.1 Å². The van der Waals surface area contributed by atoms with Crippen molar-refractivity contribution in [2.24, 2.45) is 5.73 Å². The first kappa shape index (κ1) is 13.4. The molecular formula is C13H11F2N5O. The predicted molar refractivity (Wildman–Crippen MR) is 70.5 cm³/mol. The van der Waals surface area contributed by atoms with Gasteiger partial charge in [-0.3, -0.25) is 4.98 Å². The average Bonchev–Trinajstić information content (AvgIpc) is 2.79. The van der Waals surface area contributed by atoms with Crippen LogP contribution in [0, 0.1) is 11.6 Å². The molecule has 0 saturated heterocycles. The zero-order valence-corrected chi connectivity index (χ0v) is 10.8.